The summed E-state index contributed by atoms with van der Waals surface area (Å²) in [6.07, 6.45) is 10.3. The number of carbonyl (C=O) groups excluding carboxylic acids is 1. The monoisotopic (exact) mass is 342 g/mol. The maximum atomic E-state index is 12.6. The van der Waals surface area contributed by atoms with E-state index in [2.05, 4.69) is 19.9 Å². The molecule has 1 saturated carbocycles. The van der Waals surface area contributed by atoms with Crippen LogP contribution in [-0.2, 0) is 11.2 Å². The Hall–Kier alpha value is -1.82. The van der Waals surface area contributed by atoms with Gasteiger partial charge in [-0.25, -0.2) is 15.0 Å². The van der Waals surface area contributed by atoms with Gasteiger partial charge in [0, 0.05) is 30.9 Å². The second-order valence-electron chi connectivity index (χ2n) is 6.83. The predicted molar refractivity (Wildman–Crippen MR) is 93.5 cm³/mol. The zero-order valence-electron chi connectivity index (χ0n) is 13.7. The molecule has 1 aliphatic carbocycles. The first kappa shape index (κ1) is 15.7. The van der Waals surface area contributed by atoms with Gasteiger partial charge in [0.25, 0.3) is 0 Å². The molecule has 5 nitrogen and oxygen atoms in total. The summed E-state index contributed by atoms with van der Waals surface area (Å²) in [4.78, 5) is 27.7. The molecule has 2 unspecified atom stereocenters. The van der Waals surface area contributed by atoms with Crippen molar-refractivity contribution in [2.45, 2.75) is 38.5 Å². The van der Waals surface area contributed by atoms with Crippen LogP contribution in [0.15, 0.2) is 23.8 Å². The van der Waals surface area contributed by atoms with E-state index in [1.807, 2.05) is 5.38 Å². The van der Waals surface area contributed by atoms with Crippen LogP contribution in [0.1, 0.15) is 37.8 Å². The number of amides is 1. The average molecular weight is 342 g/mol. The summed E-state index contributed by atoms with van der Waals surface area (Å²) in [5, 5.41) is 2.74. The smallest absolute Gasteiger partial charge is 0.228 e. The van der Waals surface area contributed by atoms with Crippen LogP contribution >= 0.6 is 11.3 Å². The Bertz CT molecular complexity index is 702. The molecule has 6 heteroatoms. The van der Waals surface area contributed by atoms with Crippen molar-refractivity contribution < 1.29 is 4.79 Å². The number of carbonyl (C=O) groups is 1. The Morgan fingerprint density at radius 2 is 1.96 bits per heavy atom. The van der Waals surface area contributed by atoms with Crippen molar-refractivity contribution in [3.63, 3.8) is 0 Å². The number of thiazole rings is 1. The second-order valence-corrected chi connectivity index (χ2v) is 7.68. The SMILES string of the molecule is O=C(Cc1csc(-c2ncccn2)n1)N1CCC2CCCCC2C1. The maximum Gasteiger partial charge on any atom is 0.228 e. The average Bonchev–Trinajstić information content (AvgIpc) is 3.10. The lowest BCUT2D eigenvalue weighted by atomic mass is 9.75. The molecule has 0 aromatic carbocycles. The molecule has 2 aromatic rings. The minimum absolute atomic E-state index is 0.213. The van der Waals surface area contributed by atoms with E-state index in [1.165, 1.54) is 43.4 Å². The lowest BCUT2D eigenvalue weighted by molar-refractivity contribution is -0.133. The number of piperidine rings is 1. The van der Waals surface area contributed by atoms with E-state index < -0.39 is 0 Å². The van der Waals surface area contributed by atoms with E-state index in [-0.39, 0.29) is 5.91 Å². The van der Waals surface area contributed by atoms with E-state index in [1.54, 1.807) is 18.5 Å². The van der Waals surface area contributed by atoms with Crippen LogP contribution in [0.2, 0.25) is 0 Å². The quantitative estimate of drug-likeness (QED) is 0.859. The summed E-state index contributed by atoms with van der Waals surface area (Å²) in [7, 11) is 0. The third-order valence-electron chi connectivity index (χ3n) is 5.29. The normalized spacial score (nSPS) is 23.8. The Morgan fingerprint density at radius 1 is 1.17 bits per heavy atom. The van der Waals surface area contributed by atoms with E-state index in [0.717, 1.165) is 35.6 Å². The first-order valence-electron chi connectivity index (χ1n) is 8.79. The van der Waals surface area contributed by atoms with Crippen LogP contribution in [0.25, 0.3) is 10.8 Å². The second kappa shape index (κ2) is 6.97. The first-order chi connectivity index (χ1) is 11.8. The summed E-state index contributed by atoms with van der Waals surface area (Å²) in [5.41, 5.74) is 0.832. The zero-order valence-corrected chi connectivity index (χ0v) is 14.5. The first-order valence-corrected chi connectivity index (χ1v) is 9.67. The molecule has 0 spiro atoms. The van der Waals surface area contributed by atoms with E-state index >= 15 is 0 Å². The van der Waals surface area contributed by atoms with Gasteiger partial charge in [-0.1, -0.05) is 19.3 Å². The Balaban J connectivity index is 1.39. The van der Waals surface area contributed by atoms with Gasteiger partial charge in [0.1, 0.15) is 0 Å². The third-order valence-corrected chi connectivity index (χ3v) is 6.17. The van der Waals surface area contributed by atoms with Crippen LogP contribution in [0.4, 0.5) is 0 Å². The van der Waals surface area contributed by atoms with Crippen molar-refractivity contribution >= 4 is 17.2 Å². The summed E-state index contributed by atoms with van der Waals surface area (Å²) in [5.74, 6) is 2.41. The summed E-state index contributed by atoms with van der Waals surface area (Å²) in [6.45, 7) is 1.86. The molecule has 1 saturated heterocycles. The molecule has 3 heterocycles. The highest BCUT2D eigenvalue weighted by Gasteiger charge is 2.32. The zero-order chi connectivity index (χ0) is 16.4. The fourth-order valence-electron chi connectivity index (χ4n) is 3.99. The standard InChI is InChI=1S/C18H22N4OS/c23-16(22-9-6-13-4-1-2-5-14(13)11-22)10-15-12-24-18(21-15)17-19-7-3-8-20-17/h3,7-8,12-14H,1-2,4-6,9-11H2. The Morgan fingerprint density at radius 3 is 2.79 bits per heavy atom. The topological polar surface area (TPSA) is 59.0 Å². The number of rotatable bonds is 3. The van der Waals surface area contributed by atoms with Gasteiger partial charge in [0.15, 0.2) is 10.8 Å². The van der Waals surface area contributed by atoms with Crippen molar-refractivity contribution in [1.29, 1.82) is 0 Å². The molecule has 0 radical (unpaired) electrons. The van der Waals surface area contributed by atoms with Crippen molar-refractivity contribution in [1.82, 2.24) is 19.9 Å². The predicted octanol–water partition coefficient (Wildman–Crippen LogP) is 3.18. The molecule has 1 aliphatic heterocycles. The van der Waals surface area contributed by atoms with Crippen molar-refractivity contribution in [3.8, 4) is 10.8 Å². The minimum atomic E-state index is 0.213. The van der Waals surface area contributed by atoms with Gasteiger partial charge in [0.05, 0.1) is 12.1 Å². The molecule has 2 fully saturated rings. The molecule has 0 N–H and O–H groups in total. The molecule has 2 aromatic heterocycles. The van der Waals surface area contributed by atoms with Crippen molar-refractivity contribution in [3.05, 3.63) is 29.5 Å². The largest absolute Gasteiger partial charge is 0.342 e. The Kier molecular flexibility index (Phi) is 4.56. The highest BCUT2D eigenvalue weighted by molar-refractivity contribution is 7.13. The highest BCUT2D eigenvalue weighted by Crippen LogP contribution is 2.36. The fraction of sp³-hybridized carbons (Fsp3) is 0.556. The van der Waals surface area contributed by atoms with Gasteiger partial charge in [0.2, 0.25) is 5.91 Å². The van der Waals surface area contributed by atoms with Crippen LogP contribution in [-0.4, -0.2) is 38.8 Å². The summed E-state index contributed by atoms with van der Waals surface area (Å²) >= 11 is 1.50. The minimum Gasteiger partial charge on any atom is -0.342 e. The molecule has 2 atom stereocenters. The van der Waals surface area contributed by atoms with Crippen LogP contribution < -0.4 is 0 Å². The van der Waals surface area contributed by atoms with Crippen LogP contribution in [0.5, 0.6) is 0 Å². The summed E-state index contributed by atoms with van der Waals surface area (Å²) < 4.78 is 0. The Labute approximate surface area is 146 Å². The number of nitrogens with zero attached hydrogens (tertiary/aromatic N) is 4. The lowest BCUT2D eigenvalue weighted by Crippen LogP contribution is -2.45. The van der Waals surface area contributed by atoms with Gasteiger partial charge in [-0.3, -0.25) is 4.79 Å². The highest BCUT2D eigenvalue weighted by atomic mass is 32.1. The van der Waals surface area contributed by atoms with Gasteiger partial charge in [-0.15, -0.1) is 11.3 Å². The number of fused-ring (bicyclic) bond motifs is 1. The van der Waals surface area contributed by atoms with Gasteiger partial charge in [-0.2, -0.15) is 0 Å². The molecular weight excluding hydrogens is 320 g/mol. The molecular formula is C18H22N4OS. The van der Waals surface area contributed by atoms with Crippen LogP contribution in [0, 0.1) is 11.8 Å². The molecule has 126 valence electrons. The van der Waals surface area contributed by atoms with Gasteiger partial charge >= 0.3 is 0 Å². The number of likely N-dealkylation sites (tertiary alicyclic amines) is 1. The molecule has 24 heavy (non-hydrogen) atoms. The fourth-order valence-corrected chi connectivity index (χ4v) is 4.76. The number of hydrogen-bond donors (Lipinski definition) is 0. The molecule has 0 bridgehead atoms. The molecule has 4 rings (SSSR count). The van der Waals surface area contributed by atoms with Gasteiger partial charge < -0.3 is 4.90 Å². The number of hydrogen-bond acceptors (Lipinski definition) is 5. The van der Waals surface area contributed by atoms with Crippen LogP contribution in [0.3, 0.4) is 0 Å². The third kappa shape index (κ3) is 3.34. The molecule has 2 aliphatic rings. The number of aromatic nitrogens is 3. The van der Waals surface area contributed by atoms with Crippen molar-refractivity contribution in [2.75, 3.05) is 13.1 Å². The molecule has 1 amide bonds. The summed E-state index contributed by atoms with van der Waals surface area (Å²) in [6, 6.07) is 1.79. The van der Waals surface area contributed by atoms with E-state index in [9.17, 15) is 4.79 Å². The maximum absolute atomic E-state index is 12.6. The van der Waals surface area contributed by atoms with Gasteiger partial charge in [-0.05, 0) is 30.7 Å². The van der Waals surface area contributed by atoms with E-state index in [0.29, 0.717) is 12.2 Å². The van der Waals surface area contributed by atoms with Crippen molar-refractivity contribution in [2.24, 2.45) is 11.8 Å². The van der Waals surface area contributed by atoms with E-state index in [4.69, 9.17) is 0 Å². The lowest BCUT2D eigenvalue weighted by Gasteiger charge is -2.41.